The van der Waals surface area contributed by atoms with Crippen LogP contribution in [-0.4, -0.2) is 88.4 Å². The molecule has 2 amide bonds. The number of carbonyl (C=O) groups excluding carboxylic acids is 4. The monoisotopic (exact) mass is 626 g/mol. The van der Waals surface area contributed by atoms with Crippen molar-refractivity contribution in [1.82, 2.24) is 9.55 Å². The Hall–Kier alpha value is -4.12. The predicted octanol–water partition coefficient (Wildman–Crippen LogP) is 1.34. The first kappa shape index (κ1) is 36.1. The molecule has 2 heterocycles. The van der Waals surface area contributed by atoms with E-state index in [1.807, 2.05) is 31.2 Å². The molecular formula is C28H36F2N4O10. The van der Waals surface area contributed by atoms with E-state index in [1.54, 1.807) is 0 Å². The summed E-state index contributed by atoms with van der Waals surface area (Å²) in [7, 11) is 1.33. The summed E-state index contributed by atoms with van der Waals surface area (Å²) in [6.45, 7) is 2.99. The van der Waals surface area contributed by atoms with Crippen LogP contribution in [0.5, 0.6) is 0 Å². The Morgan fingerprint density at radius 1 is 1.07 bits per heavy atom. The molecule has 1 aliphatic heterocycles. The fourth-order valence-corrected chi connectivity index (χ4v) is 3.75. The van der Waals surface area contributed by atoms with E-state index in [2.05, 4.69) is 20.4 Å². The van der Waals surface area contributed by atoms with Gasteiger partial charge in [0, 0.05) is 24.7 Å². The number of halogens is 2. The molecule has 1 aliphatic rings. The van der Waals surface area contributed by atoms with Gasteiger partial charge in [0.05, 0.1) is 39.8 Å². The van der Waals surface area contributed by atoms with Crippen LogP contribution in [0.15, 0.2) is 41.3 Å². The normalized spacial score (nSPS) is 18.5. The molecule has 4 N–H and O–H groups in total. The van der Waals surface area contributed by atoms with Crippen LogP contribution in [0, 0.1) is 6.92 Å². The Morgan fingerprint density at radius 3 is 2.34 bits per heavy atom. The number of amides is 2. The van der Waals surface area contributed by atoms with Gasteiger partial charge in [-0.2, -0.15) is 13.8 Å². The van der Waals surface area contributed by atoms with Gasteiger partial charge >= 0.3 is 17.6 Å². The fourth-order valence-electron chi connectivity index (χ4n) is 3.75. The van der Waals surface area contributed by atoms with Gasteiger partial charge in [0.2, 0.25) is 18.0 Å². The van der Waals surface area contributed by atoms with Crippen LogP contribution in [0.1, 0.15) is 44.4 Å². The zero-order chi connectivity index (χ0) is 32.9. The zero-order valence-electron chi connectivity index (χ0n) is 24.5. The number of aliphatic hydroxyl groups excluding tert-OH is 2. The minimum atomic E-state index is -3.81. The predicted molar refractivity (Wildman–Crippen MR) is 151 cm³/mol. The summed E-state index contributed by atoms with van der Waals surface area (Å²) in [5, 5.41) is 23.5. The van der Waals surface area contributed by atoms with Crippen LogP contribution < -0.4 is 16.3 Å². The summed E-state index contributed by atoms with van der Waals surface area (Å²) < 4.78 is 43.0. The third kappa shape index (κ3) is 11.2. The minimum absolute atomic E-state index is 0.0193. The first-order chi connectivity index (χ1) is 20.8. The van der Waals surface area contributed by atoms with E-state index < -0.39 is 42.6 Å². The number of ether oxygens (including phenoxy) is 3. The number of Topliss-reactive ketones (excluding diaryl/α,β-unsaturated/α-hetero) is 1. The molecule has 14 nitrogen and oxygen atoms in total. The number of aliphatic hydroxyl groups is 2. The highest BCUT2D eigenvalue weighted by Crippen LogP contribution is 2.41. The number of rotatable bonds is 13. The Bertz CT molecular complexity index is 1350. The molecule has 0 bridgehead atoms. The number of ketones is 1. The number of benzene rings is 1. The van der Waals surface area contributed by atoms with Crippen LogP contribution in [0.2, 0.25) is 0 Å². The first-order valence-corrected chi connectivity index (χ1v) is 13.5. The van der Waals surface area contributed by atoms with Gasteiger partial charge in [-0.05, 0) is 37.6 Å². The second-order valence-corrected chi connectivity index (χ2v) is 9.69. The van der Waals surface area contributed by atoms with Gasteiger partial charge in [0.25, 0.3) is 0 Å². The lowest BCUT2D eigenvalue weighted by Gasteiger charge is -2.21. The maximum atomic E-state index is 14.0. The number of hydrogen-bond donors (Lipinski definition) is 4. The highest BCUT2D eigenvalue weighted by atomic mass is 19.3. The molecule has 2 aromatic rings. The van der Waals surface area contributed by atoms with Crippen molar-refractivity contribution in [1.29, 1.82) is 0 Å². The molecule has 44 heavy (non-hydrogen) atoms. The molecule has 1 aromatic carbocycles. The number of aryl methyl sites for hydroxylation is 1. The van der Waals surface area contributed by atoms with Crippen molar-refractivity contribution in [2.24, 2.45) is 0 Å². The molecule has 3 unspecified atom stereocenters. The van der Waals surface area contributed by atoms with Gasteiger partial charge in [-0.15, -0.1) is 0 Å². The molecular weight excluding hydrogens is 590 g/mol. The largest absolute Gasteiger partial charge is 0.469 e. The molecule has 1 aromatic heterocycles. The Morgan fingerprint density at radius 2 is 1.75 bits per heavy atom. The average molecular weight is 627 g/mol. The Labute approximate surface area is 251 Å². The van der Waals surface area contributed by atoms with E-state index in [-0.39, 0.29) is 62.4 Å². The number of methoxy groups -OCH3 is 1. The maximum absolute atomic E-state index is 14.0. The molecule has 3 rings (SSSR count). The number of hydrogen-bond acceptors (Lipinski definition) is 11. The third-order valence-electron chi connectivity index (χ3n) is 6.07. The lowest BCUT2D eigenvalue weighted by molar-refractivity contribution is -0.141. The molecule has 0 radical (unpaired) electrons. The van der Waals surface area contributed by atoms with E-state index in [0.29, 0.717) is 4.57 Å². The molecule has 242 valence electrons. The van der Waals surface area contributed by atoms with Gasteiger partial charge < -0.3 is 39.9 Å². The highest BCUT2D eigenvalue weighted by molar-refractivity contribution is 5.92. The van der Waals surface area contributed by atoms with E-state index >= 15 is 0 Å². The average Bonchev–Trinajstić information content (AvgIpc) is 3.19. The summed E-state index contributed by atoms with van der Waals surface area (Å²) in [6.07, 6.45) is -4.65. The van der Waals surface area contributed by atoms with Crippen molar-refractivity contribution in [3.63, 3.8) is 0 Å². The van der Waals surface area contributed by atoms with Crippen LogP contribution in [0.3, 0.4) is 0 Å². The molecule has 0 saturated carbocycles. The second kappa shape index (κ2) is 17.2. The van der Waals surface area contributed by atoms with Crippen molar-refractivity contribution in [2.75, 3.05) is 37.6 Å². The molecule has 16 heteroatoms. The SMILES string of the molecule is CC(=O)CCC(=O)Nc1ccn(C2OC(CO)C(O)C2(F)F)c(=O)n1.COC(=O)CCOCCC(=O)Nc1cccc(C)c1. The number of nitrogens with zero attached hydrogens (tertiary/aromatic N) is 2. The second-order valence-electron chi connectivity index (χ2n) is 9.69. The third-order valence-corrected chi connectivity index (χ3v) is 6.07. The van der Waals surface area contributed by atoms with E-state index in [0.717, 1.165) is 23.5 Å². The van der Waals surface area contributed by atoms with Crippen LogP contribution in [-0.2, 0) is 33.4 Å². The topological polar surface area (TPSA) is 195 Å². The van der Waals surface area contributed by atoms with Crippen LogP contribution in [0.4, 0.5) is 20.3 Å². The van der Waals surface area contributed by atoms with Gasteiger partial charge in [-0.25, -0.2) is 4.79 Å². The summed E-state index contributed by atoms with van der Waals surface area (Å²) in [5.41, 5.74) is 0.728. The van der Waals surface area contributed by atoms with E-state index in [1.165, 1.54) is 14.0 Å². The van der Waals surface area contributed by atoms with Crippen molar-refractivity contribution in [3.05, 3.63) is 52.6 Å². The Balaban J connectivity index is 0.000000319. The minimum Gasteiger partial charge on any atom is -0.469 e. The van der Waals surface area contributed by atoms with Crippen LogP contribution in [0.25, 0.3) is 0 Å². The maximum Gasteiger partial charge on any atom is 0.351 e. The van der Waals surface area contributed by atoms with Gasteiger partial charge in [0.15, 0.2) is 6.10 Å². The van der Waals surface area contributed by atoms with Crippen molar-refractivity contribution < 1.29 is 52.4 Å². The quantitative estimate of drug-likeness (QED) is 0.185. The number of esters is 1. The van der Waals surface area contributed by atoms with Crippen molar-refractivity contribution in [2.45, 2.75) is 63.9 Å². The van der Waals surface area contributed by atoms with Crippen molar-refractivity contribution in [3.8, 4) is 0 Å². The molecule has 3 atom stereocenters. The number of alkyl halides is 2. The highest BCUT2D eigenvalue weighted by Gasteiger charge is 2.59. The molecule has 0 spiro atoms. The summed E-state index contributed by atoms with van der Waals surface area (Å²) in [4.78, 5) is 60.2. The molecule has 1 fully saturated rings. The zero-order valence-corrected chi connectivity index (χ0v) is 24.5. The van der Waals surface area contributed by atoms with Crippen LogP contribution >= 0.6 is 0 Å². The standard InChI is InChI=1S/C14H17F2N3O6.C14H19NO4/c1-7(21)2-3-10(22)17-9-4-5-19(13(24)18-9)12-14(15,16)11(23)8(6-20)25-12;1-11-4-3-5-12(10-11)15-13(16)6-8-19-9-7-14(17)18-2/h4-5,8,11-12,20,23H,2-3,6H2,1H3,(H,17,18,22,24);3-5,10H,6-9H2,1-2H3,(H,15,16). The summed E-state index contributed by atoms with van der Waals surface area (Å²) >= 11 is 0. The molecule has 1 saturated heterocycles. The van der Waals surface area contributed by atoms with E-state index in [9.17, 15) is 37.9 Å². The van der Waals surface area contributed by atoms with E-state index in [4.69, 9.17) is 14.6 Å². The summed E-state index contributed by atoms with van der Waals surface area (Å²) in [6, 6.07) is 8.69. The fraction of sp³-hybridized carbons (Fsp3) is 0.500. The first-order valence-electron chi connectivity index (χ1n) is 13.5. The van der Waals surface area contributed by atoms with Gasteiger partial charge in [-0.3, -0.25) is 19.0 Å². The molecule has 0 aliphatic carbocycles. The number of carbonyl (C=O) groups is 4. The smallest absolute Gasteiger partial charge is 0.351 e. The van der Waals surface area contributed by atoms with Gasteiger partial charge in [-0.1, -0.05) is 12.1 Å². The Kier molecular flexibility index (Phi) is 14.1. The van der Waals surface area contributed by atoms with Gasteiger partial charge in [0.1, 0.15) is 17.7 Å². The summed E-state index contributed by atoms with van der Waals surface area (Å²) in [5.74, 6) is -5.15. The lowest BCUT2D eigenvalue weighted by Crippen LogP contribution is -2.41. The number of aromatic nitrogens is 2. The number of anilines is 2. The van der Waals surface area contributed by atoms with Crippen molar-refractivity contribution >= 4 is 35.1 Å². The lowest BCUT2D eigenvalue weighted by atomic mass is 10.1. The number of nitrogens with one attached hydrogen (secondary N) is 2.